The summed E-state index contributed by atoms with van der Waals surface area (Å²) in [5, 5.41) is 0. The standard InChI is InChI=1S/C26H24N2O4/c29-24(28-17-15-27(16-18-28)23-9-5-2-6-10-23)19-32-26(31)22-13-11-21(12-14-22)25(30)20-7-3-1-4-8-20/h1-14H,15-19H2. The van der Waals surface area contributed by atoms with Gasteiger partial charge in [-0.1, -0.05) is 60.7 Å². The lowest BCUT2D eigenvalue weighted by Crippen LogP contribution is -2.49. The number of ketones is 1. The number of anilines is 1. The summed E-state index contributed by atoms with van der Waals surface area (Å²) in [6.45, 7) is 2.35. The van der Waals surface area contributed by atoms with Crippen LogP contribution in [-0.2, 0) is 9.53 Å². The summed E-state index contributed by atoms with van der Waals surface area (Å²) in [7, 11) is 0. The minimum Gasteiger partial charge on any atom is -0.452 e. The van der Waals surface area contributed by atoms with Gasteiger partial charge in [0.05, 0.1) is 5.56 Å². The molecule has 0 unspecified atom stereocenters. The lowest BCUT2D eigenvalue weighted by molar-refractivity contribution is -0.134. The summed E-state index contributed by atoms with van der Waals surface area (Å²) >= 11 is 0. The van der Waals surface area contributed by atoms with E-state index in [0.29, 0.717) is 29.8 Å². The number of carbonyl (C=O) groups excluding carboxylic acids is 3. The zero-order valence-corrected chi connectivity index (χ0v) is 17.6. The van der Waals surface area contributed by atoms with Crippen molar-refractivity contribution in [2.45, 2.75) is 0 Å². The second-order valence-corrected chi connectivity index (χ2v) is 7.55. The van der Waals surface area contributed by atoms with Crippen LogP contribution in [0, 0.1) is 0 Å². The number of benzene rings is 3. The van der Waals surface area contributed by atoms with Crippen LogP contribution < -0.4 is 4.90 Å². The van der Waals surface area contributed by atoms with Crippen LogP contribution in [0.4, 0.5) is 5.69 Å². The Bertz CT molecular complexity index is 1070. The van der Waals surface area contributed by atoms with Crippen molar-refractivity contribution in [1.82, 2.24) is 4.90 Å². The maximum Gasteiger partial charge on any atom is 0.338 e. The van der Waals surface area contributed by atoms with Gasteiger partial charge in [0.2, 0.25) is 0 Å². The number of hydrogen-bond donors (Lipinski definition) is 0. The molecule has 0 N–H and O–H groups in total. The van der Waals surface area contributed by atoms with Crippen molar-refractivity contribution in [3.8, 4) is 0 Å². The molecule has 6 heteroatoms. The van der Waals surface area contributed by atoms with Crippen molar-refractivity contribution in [1.29, 1.82) is 0 Å². The van der Waals surface area contributed by atoms with Crippen LogP contribution in [0.25, 0.3) is 0 Å². The molecule has 3 aromatic carbocycles. The van der Waals surface area contributed by atoms with Gasteiger partial charge >= 0.3 is 5.97 Å². The highest BCUT2D eigenvalue weighted by atomic mass is 16.5. The second-order valence-electron chi connectivity index (χ2n) is 7.55. The number of carbonyl (C=O) groups is 3. The number of rotatable bonds is 6. The first-order valence-electron chi connectivity index (χ1n) is 10.6. The van der Waals surface area contributed by atoms with Gasteiger partial charge in [0.1, 0.15) is 0 Å². The average Bonchev–Trinajstić information content (AvgIpc) is 2.88. The number of amides is 1. The Labute approximate surface area is 187 Å². The first kappa shape index (κ1) is 21.3. The number of hydrogen-bond acceptors (Lipinski definition) is 5. The molecule has 4 rings (SSSR count). The Morgan fingerprint density at radius 1 is 0.656 bits per heavy atom. The molecule has 6 nitrogen and oxygen atoms in total. The molecule has 32 heavy (non-hydrogen) atoms. The first-order chi connectivity index (χ1) is 15.6. The fourth-order valence-electron chi connectivity index (χ4n) is 3.67. The molecular weight excluding hydrogens is 404 g/mol. The third-order valence-electron chi connectivity index (χ3n) is 5.50. The van der Waals surface area contributed by atoms with Crippen LogP contribution >= 0.6 is 0 Å². The smallest absolute Gasteiger partial charge is 0.338 e. The molecule has 1 fully saturated rings. The molecule has 0 bridgehead atoms. The zero-order chi connectivity index (χ0) is 22.3. The van der Waals surface area contributed by atoms with Crippen molar-refractivity contribution in [3.05, 3.63) is 102 Å². The van der Waals surface area contributed by atoms with E-state index in [1.807, 2.05) is 24.3 Å². The van der Waals surface area contributed by atoms with Gasteiger partial charge in [0.15, 0.2) is 12.4 Å². The molecule has 0 radical (unpaired) electrons. The fourth-order valence-corrected chi connectivity index (χ4v) is 3.67. The summed E-state index contributed by atoms with van der Waals surface area (Å²) in [6, 6.07) is 25.3. The Hall–Kier alpha value is -3.93. The maximum absolute atomic E-state index is 12.5. The number of esters is 1. The molecular formula is C26H24N2O4. The Kier molecular flexibility index (Phi) is 6.60. The fraction of sp³-hybridized carbons (Fsp3) is 0.192. The SMILES string of the molecule is O=C(OCC(=O)N1CCN(c2ccccc2)CC1)c1ccc(C(=O)c2ccccc2)cc1. The third-order valence-corrected chi connectivity index (χ3v) is 5.50. The van der Waals surface area contributed by atoms with Crippen molar-refractivity contribution < 1.29 is 19.1 Å². The predicted octanol–water partition coefficient (Wildman–Crippen LogP) is 3.42. The zero-order valence-electron chi connectivity index (χ0n) is 17.6. The molecule has 0 aromatic heterocycles. The molecule has 1 amide bonds. The van der Waals surface area contributed by atoms with E-state index in [-0.39, 0.29) is 18.3 Å². The molecule has 1 aliphatic rings. The van der Waals surface area contributed by atoms with E-state index in [1.165, 1.54) is 0 Å². The van der Waals surface area contributed by atoms with Crippen LogP contribution in [0.15, 0.2) is 84.9 Å². The summed E-state index contributed by atoms with van der Waals surface area (Å²) in [6.07, 6.45) is 0. The van der Waals surface area contributed by atoms with E-state index >= 15 is 0 Å². The lowest BCUT2D eigenvalue weighted by Gasteiger charge is -2.36. The predicted molar refractivity (Wildman–Crippen MR) is 122 cm³/mol. The van der Waals surface area contributed by atoms with Crippen LogP contribution in [0.5, 0.6) is 0 Å². The Morgan fingerprint density at radius 2 is 1.19 bits per heavy atom. The number of nitrogens with zero attached hydrogens (tertiary/aromatic N) is 2. The number of piperazine rings is 1. The summed E-state index contributed by atoms with van der Waals surface area (Å²) < 4.78 is 5.21. The highest BCUT2D eigenvalue weighted by Crippen LogP contribution is 2.16. The quantitative estimate of drug-likeness (QED) is 0.445. The van der Waals surface area contributed by atoms with Crippen molar-refractivity contribution in [2.24, 2.45) is 0 Å². The van der Waals surface area contributed by atoms with Crippen LogP contribution in [0.2, 0.25) is 0 Å². The molecule has 1 heterocycles. The second kappa shape index (κ2) is 9.92. The maximum atomic E-state index is 12.5. The summed E-state index contributed by atoms with van der Waals surface area (Å²) in [4.78, 5) is 41.2. The van der Waals surface area contributed by atoms with Gasteiger partial charge in [0, 0.05) is 43.0 Å². The van der Waals surface area contributed by atoms with Crippen LogP contribution in [0.3, 0.4) is 0 Å². The molecule has 0 aliphatic carbocycles. The summed E-state index contributed by atoms with van der Waals surface area (Å²) in [5.74, 6) is -0.905. The Morgan fingerprint density at radius 3 is 1.81 bits per heavy atom. The lowest BCUT2D eigenvalue weighted by atomic mass is 10.0. The van der Waals surface area contributed by atoms with Gasteiger partial charge in [-0.3, -0.25) is 9.59 Å². The molecule has 0 spiro atoms. The molecule has 0 atom stereocenters. The topological polar surface area (TPSA) is 66.9 Å². The normalized spacial score (nSPS) is 13.5. The van der Waals surface area contributed by atoms with Gasteiger partial charge < -0.3 is 14.5 Å². The average molecular weight is 428 g/mol. The van der Waals surface area contributed by atoms with Gasteiger partial charge in [0.25, 0.3) is 5.91 Å². The van der Waals surface area contributed by atoms with E-state index in [4.69, 9.17) is 4.74 Å². The van der Waals surface area contributed by atoms with E-state index in [1.54, 1.807) is 53.4 Å². The largest absolute Gasteiger partial charge is 0.452 e. The van der Waals surface area contributed by atoms with Crippen molar-refractivity contribution in [3.63, 3.8) is 0 Å². The minimum atomic E-state index is -0.583. The van der Waals surface area contributed by atoms with Crippen LogP contribution in [0.1, 0.15) is 26.3 Å². The minimum absolute atomic E-state index is 0.115. The van der Waals surface area contributed by atoms with Gasteiger partial charge in [-0.25, -0.2) is 4.79 Å². The van der Waals surface area contributed by atoms with E-state index in [9.17, 15) is 14.4 Å². The summed E-state index contributed by atoms with van der Waals surface area (Å²) in [5.41, 5.74) is 2.51. The third kappa shape index (κ3) is 5.03. The van der Waals surface area contributed by atoms with E-state index < -0.39 is 5.97 Å². The number of para-hydroxylation sites is 1. The number of ether oxygens (including phenoxy) is 1. The highest BCUT2D eigenvalue weighted by Gasteiger charge is 2.22. The first-order valence-corrected chi connectivity index (χ1v) is 10.6. The van der Waals surface area contributed by atoms with Gasteiger partial charge in [-0.2, -0.15) is 0 Å². The monoisotopic (exact) mass is 428 g/mol. The molecule has 1 saturated heterocycles. The van der Waals surface area contributed by atoms with Gasteiger partial charge in [-0.05, 0) is 24.3 Å². The Balaban J connectivity index is 1.26. The molecule has 162 valence electrons. The molecule has 3 aromatic rings. The van der Waals surface area contributed by atoms with E-state index in [2.05, 4.69) is 17.0 Å². The van der Waals surface area contributed by atoms with E-state index in [0.717, 1.165) is 18.8 Å². The highest BCUT2D eigenvalue weighted by molar-refractivity contribution is 6.09. The van der Waals surface area contributed by atoms with Crippen molar-refractivity contribution in [2.75, 3.05) is 37.7 Å². The van der Waals surface area contributed by atoms with Crippen LogP contribution in [-0.4, -0.2) is 55.3 Å². The van der Waals surface area contributed by atoms with Gasteiger partial charge in [-0.15, -0.1) is 0 Å². The molecule has 1 aliphatic heterocycles. The van der Waals surface area contributed by atoms with Crippen molar-refractivity contribution >= 4 is 23.3 Å². The molecule has 0 saturated carbocycles.